The molecule has 0 spiro atoms. The van der Waals surface area contributed by atoms with E-state index in [0.29, 0.717) is 5.46 Å². The normalized spacial score (nSPS) is 19.1. The molecule has 2 rings (SSSR count). The highest BCUT2D eigenvalue weighted by Crippen LogP contribution is 2.37. The zero-order valence-corrected chi connectivity index (χ0v) is 8.56. The highest BCUT2D eigenvalue weighted by molar-refractivity contribution is 6.58. The van der Waals surface area contributed by atoms with Gasteiger partial charge in [0.2, 0.25) is 0 Å². The number of aliphatic hydroxyl groups is 1. The summed E-state index contributed by atoms with van der Waals surface area (Å²) >= 11 is 0. The molecule has 80 valence electrons. The molecule has 0 bridgehead atoms. The summed E-state index contributed by atoms with van der Waals surface area (Å²) in [6.45, 7) is 0. The second kappa shape index (κ2) is 3.97. The Kier molecular flexibility index (Phi) is 2.82. The van der Waals surface area contributed by atoms with Crippen LogP contribution in [0.3, 0.4) is 0 Å². The Morgan fingerprint density at radius 3 is 2.00 bits per heavy atom. The average molecular weight is 206 g/mol. The molecule has 0 unspecified atom stereocenters. The van der Waals surface area contributed by atoms with E-state index in [9.17, 15) is 5.11 Å². The van der Waals surface area contributed by atoms with Crippen molar-refractivity contribution in [2.45, 2.75) is 31.3 Å². The maximum absolute atomic E-state index is 10.3. The Balaban J connectivity index is 2.23. The van der Waals surface area contributed by atoms with E-state index < -0.39 is 12.7 Å². The van der Waals surface area contributed by atoms with Crippen LogP contribution in [0, 0.1) is 0 Å². The number of hydrogen-bond acceptors (Lipinski definition) is 3. The van der Waals surface area contributed by atoms with Crippen molar-refractivity contribution in [3.8, 4) is 0 Å². The van der Waals surface area contributed by atoms with Gasteiger partial charge in [-0.05, 0) is 23.9 Å². The van der Waals surface area contributed by atoms with Gasteiger partial charge in [-0.3, -0.25) is 0 Å². The minimum Gasteiger partial charge on any atom is -0.423 e. The van der Waals surface area contributed by atoms with E-state index in [2.05, 4.69) is 0 Å². The number of rotatable bonds is 2. The highest BCUT2D eigenvalue weighted by atomic mass is 16.4. The number of hydrogen-bond donors (Lipinski definition) is 3. The molecule has 4 heteroatoms. The first-order valence-electron chi connectivity index (χ1n) is 5.31. The van der Waals surface area contributed by atoms with Gasteiger partial charge in [0.05, 0.1) is 5.60 Å². The summed E-state index contributed by atoms with van der Waals surface area (Å²) in [5.74, 6) is 0. The van der Waals surface area contributed by atoms with Crippen molar-refractivity contribution in [3.05, 3.63) is 29.8 Å². The van der Waals surface area contributed by atoms with Gasteiger partial charge in [-0.2, -0.15) is 0 Å². The van der Waals surface area contributed by atoms with E-state index in [1.165, 1.54) is 0 Å². The van der Waals surface area contributed by atoms with E-state index in [4.69, 9.17) is 10.0 Å². The molecule has 1 aliphatic carbocycles. The Labute approximate surface area is 89.5 Å². The lowest BCUT2D eigenvalue weighted by molar-refractivity contribution is 0.0445. The van der Waals surface area contributed by atoms with Crippen LogP contribution in [0.5, 0.6) is 0 Å². The van der Waals surface area contributed by atoms with Crippen LogP contribution in [-0.2, 0) is 5.60 Å². The minimum absolute atomic E-state index is 0.459. The first-order valence-corrected chi connectivity index (χ1v) is 5.31. The molecule has 0 aromatic heterocycles. The van der Waals surface area contributed by atoms with Crippen molar-refractivity contribution < 1.29 is 15.2 Å². The van der Waals surface area contributed by atoms with E-state index in [1.807, 2.05) is 0 Å². The fourth-order valence-electron chi connectivity index (χ4n) is 2.21. The summed E-state index contributed by atoms with van der Waals surface area (Å²) < 4.78 is 0. The summed E-state index contributed by atoms with van der Waals surface area (Å²) in [5, 5.41) is 28.1. The molecule has 3 N–H and O–H groups in total. The second-order valence-corrected chi connectivity index (χ2v) is 4.23. The van der Waals surface area contributed by atoms with Crippen molar-refractivity contribution in [2.24, 2.45) is 0 Å². The Hall–Kier alpha value is -0.835. The average Bonchev–Trinajstić information content (AvgIpc) is 2.67. The molecule has 3 nitrogen and oxygen atoms in total. The molecule has 1 aromatic carbocycles. The largest absolute Gasteiger partial charge is 0.488 e. The van der Waals surface area contributed by atoms with Crippen molar-refractivity contribution >= 4 is 12.6 Å². The Bertz CT molecular complexity index is 328. The van der Waals surface area contributed by atoms with Crippen LogP contribution >= 0.6 is 0 Å². The highest BCUT2D eigenvalue weighted by Gasteiger charge is 2.32. The quantitative estimate of drug-likeness (QED) is 0.602. The van der Waals surface area contributed by atoms with Gasteiger partial charge in [0.1, 0.15) is 0 Å². The second-order valence-electron chi connectivity index (χ2n) is 4.23. The predicted molar refractivity (Wildman–Crippen MR) is 58.6 cm³/mol. The van der Waals surface area contributed by atoms with Gasteiger partial charge in [0.15, 0.2) is 0 Å². The summed E-state index contributed by atoms with van der Waals surface area (Å²) in [5.41, 5.74) is 0.642. The third kappa shape index (κ3) is 2.07. The molecule has 0 atom stereocenters. The van der Waals surface area contributed by atoms with Crippen LogP contribution in [-0.4, -0.2) is 22.3 Å². The molecule has 0 aliphatic heterocycles. The smallest absolute Gasteiger partial charge is 0.423 e. The zero-order valence-electron chi connectivity index (χ0n) is 8.56. The lowest BCUT2D eigenvalue weighted by Gasteiger charge is -2.22. The molecule has 0 radical (unpaired) electrons. The first kappa shape index (κ1) is 10.7. The molecular formula is C11H15BO3. The molecule has 0 heterocycles. The lowest BCUT2D eigenvalue weighted by atomic mass is 9.79. The van der Waals surface area contributed by atoms with Crippen molar-refractivity contribution in [2.75, 3.05) is 0 Å². The first-order chi connectivity index (χ1) is 7.12. The predicted octanol–water partition coefficient (Wildman–Crippen LogP) is 0.128. The zero-order chi connectivity index (χ0) is 10.9. The Morgan fingerprint density at radius 1 is 1.00 bits per heavy atom. The van der Waals surface area contributed by atoms with Gasteiger partial charge in [-0.25, -0.2) is 0 Å². The standard InChI is InChI=1S/C11H15BO3/c13-11(7-1-2-8-11)9-3-5-10(6-4-9)12(14)15/h3-6,13-15H,1-2,7-8H2. The topological polar surface area (TPSA) is 60.7 Å². The summed E-state index contributed by atoms with van der Waals surface area (Å²) in [4.78, 5) is 0. The molecule has 15 heavy (non-hydrogen) atoms. The van der Waals surface area contributed by atoms with Gasteiger partial charge in [0.25, 0.3) is 0 Å². The molecule has 1 aromatic rings. The van der Waals surface area contributed by atoms with Gasteiger partial charge >= 0.3 is 7.12 Å². The van der Waals surface area contributed by atoms with E-state index in [1.54, 1.807) is 24.3 Å². The Morgan fingerprint density at radius 2 is 1.53 bits per heavy atom. The van der Waals surface area contributed by atoms with Crippen molar-refractivity contribution in [3.63, 3.8) is 0 Å². The van der Waals surface area contributed by atoms with E-state index in [-0.39, 0.29) is 0 Å². The van der Waals surface area contributed by atoms with Crippen LogP contribution < -0.4 is 5.46 Å². The van der Waals surface area contributed by atoms with Crippen LogP contribution in [0.2, 0.25) is 0 Å². The maximum Gasteiger partial charge on any atom is 0.488 e. The number of benzene rings is 1. The summed E-state index contributed by atoms with van der Waals surface area (Å²) in [6, 6.07) is 6.85. The molecule has 1 fully saturated rings. The van der Waals surface area contributed by atoms with Gasteiger partial charge in [0, 0.05) is 0 Å². The van der Waals surface area contributed by atoms with Crippen LogP contribution in [0.25, 0.3) is 0 Å². The van der Waals surface area contributed by atoms with Gasteiger partial charge in [-0.15, -0.1) is 0 Å². The van der Waals surface area contributed by atoms with Crippen molar-refractivity contribution in [1.82, 2.24) is 0 Å². The van der Waals surface area contributed by atoms with E-state index in [0.717, 1.165) is 31.2 Å². The minimum atomic E-state index is -1.43. The maximum atomic E-state index is 10.3. The fraction of sp³-hybridized carbons (Fsp3) is 0.455. The third-order valence-electron chi connectivity index (χ3n) is 3.18. The van der Waals surface area contributed by atoms with E-state index >= 15 is 0 Å². The summed E-state index contributed by atoms with van der Waals surface area (Å²) in [7, 11) is -1.43. The van der Waals surface area contributed by atoms with Gasteiger partial charge < -0.3 is 15.2 Å². The monoisotopic (exact) mass is 206 g/mol. The molecular weight excluding hydrogens is 191 g/mol. The molecule has 0 amide bonds. The summed E-state index contributed by atoms with van der Waals surface area (Å²) in [6.07, 6.45) is 3.71. The van der Waals surface area contributed by atoms with Crippen molar-refractivity contribution in [1.29, 1.82) is 0 Å². The molecule has 1 aliphatic rings. The van der Waals surface area contributed by atoms with Crippen LogP contribution in [0.4, 0.5) is 0 Å². The van der Waals surface area contributed by atoms with Gasteiger partial charge in [-0.1, -0.05) is 37.1 Å². The van der Waals surface area contributed by atoms with Crippen LogP contribution in [0.1, 0.15) is 31.2 Å². The molecule has 1 saturated carbocycles. The third-order valence-corrected chi connectivity index (χ3v) is 3.18. The fourth-order valence-corrected chi connectivity index (χ4v) is 2.21. The lowest BCUT2D eigenvalue weighted by Crippen LogP contribution is -2.30. The molecule has 0 saturated heterocycles. The van der Waals surface area contributed by atoms with Crippen LogP contribution in [0.15, 0.2) is 24.3 Å². The SMILES string of the molecule is OB(O)c1ccc(C2(O)CCCC2)cc1.